The monoisotopic (exact) mass is 279 g/mol. The molecular formula is C13H17N3O2S. The molecule has 1 saturated heterocycles. The summed E-state index contributed by atoms with van der Waals surface area (Å²) >= 11 is 0. The number of hydrogen-bond acceptors (Lipinski definition) is 4. The summed E-state index contributed by atoms with van der Waals surface area (Å²) in [5.41, 5.74) is 8.38. The van der Waals surface area contributed by atoms with E-state index in [1.54, 1.807) is 0 Å². The fourth-order valence-corrected chi connectivity index (χ4v) is 4.43. The van der Waals surface area contributed by atoms with E-state index in [0.717, 1.165) is 29.7 Å². The Morgan fingerprint density at radius 1 is 1.47 bits per heavy atom. The maximum Gasteiger partial charge on any atom is 0.150 e. The Bertz CT molecular complexity index is 706. The minimum absolute atomic E-state index is 0.0178. The lowest BCUT2D eigenvalue weighted by atomic mass is 10.0. The van der Waals surface area contributed by atoms with Gasteiger partial charge in [0.1, 0.15) is 5.65 Å². The number of nitrogens with two attached hydrogens (primary N) is 1. The van der Waals surface area contributed by atoms with Crippen molar-refractivity contribution in [2.24, 2.45) is 5.73 Å². The maximum atomic E-state index is 11.7. The van der Waals surface area contributed by atoms with Gasteiger partial charge in [-0.25, -0.2) is 13.4 Å². The second-order valence-corrected chi connectivity index (χ2v) is 7.32. The molecule has 1 unspecified atom stereocenters. The third kappa shape index (κ3) is 2.37. The third-order valence-electron chi connectivity index (χ3n) is 3.68. The summed E-state index contributed by atoms with van der Waals surface area (Å²) in [5.74, 6) is 0.545. The van der Waals surface area contributed by atoms with E-state index in [1.807, 2.05) is 28.9 Å². The Hall–Kier alpha value is -1.40. The average molecular weight is 279 g/mol. The first-order chi connectivity index (χ1) is 9.09. The van der Waals surface area contributed by atoms with Gasteiger partial charge in [-0.05, 0) is 18.9 Å². The number of fused-ring (bicyclic) bond motifs is 1. The van der Waals surface area contributed by atoms with Crippen LogP contribution in [0.2, 0.25) is 0 Å². The molecule has 6 heteroatoms. The topological polar surface area (TPSA) is 77.5 Å². The van der Waals surface area contributed by atoms with Crippen LogP contribution in [-0.4, -0.2) is 29.3 Å². The normalized spacial score (nSPS) is 22.7. The molecule has 0 aliphatic carbocycles. The van der Waals surface area contributed by atoms with Gasteiger partial charge in [0, 0.05) is 30.4 Å². The first-order valence-electron chi connectivity index (χ1n) is 6.46. The summed E-state index contributed by atoms with van der Waals surface area (Å²) in [7, 11) is -2.91. The van der Waals surface area contributed by atoms with Crippen LogP contribution < -0.4 is 5.73 Å². The number of aromatic nitrogens is 2. The van der Waals surface area contributed by atoms with E-state index in [-0.39, 0.29) is 11.7 Å². The lowest BCUT2D eigenvalue weighted by Gasteiger charge is -2.19. The van der Waals surface area contributed by atoms with Gasteiger partial charge in [-0.3, -0.25) is 0 Å². The lowest BCUT2D eigenvalue weighted by Crippen LogP contribution is -2.23. The van der Waals surface area contributed by atoms with Crippen LogP contribution in [0.1, 0.15) is 30.0 Å². The Balaban J connectivity index is 2.02. The zero-order chi connectivity index (χ0) is 13.5. The highest BCUT2D eigenvalue weighted by Crippen LogP contribution is 2.28. The first-order valence-corrected chi connectivity index (χ1v) is 8.28. The van der Waals surface area contributed by atoms with Crippen molar-refractivity contribution in [1.82, 2.24) is 9.38 Å². The van der Waals surface area contributed by atoms with Crippen molar-refractivity contribution in [3.63, 3.8) is 0 Å². The molecule has 0 radical (unpaired) electrons. The fraction of sp³-hybridized carbons (Fsp3) is 0.462. The summed E-state index contributed by atoms with van der Waals surface area (Å²) in [6.45, 7) is 0.434. The van der Waals surface area contributed by atoms with Crippen LogP contribution in [0.25, 0.3) is 5.65 Å². The number of sulfone groups is 1. The zero-order valence-electron chi connectivity index (χ0n) is 10.6. The second-order valence-electron chi connectivity index (χ2n) is 5.09. The molecule has 3 rings (SSSR count). The molecule has 0 spiro atoms. The molecule has 2 N–H and O–H groups in total. The minimum atomic E-state index is -2.91. The van der Waals surface area contributed by atoms with Crippen LogP contribution in [0.4, 0.5) is 0 Å². The van der Waals surface area contributed by atoms with Gasteiger partial charge in [-0.1, -0.05) is 6.07 Å². The predicted octanol–water partition coefficient (Wildman–Crippen LogP) is 1.09. The number of hydrogen-bond donors (Lipinski definition) is 1. The van der Waals surface area contributed by atoms with Crippen molar-refractivity contribution in [3.8, 4) is 0 Å². The van der Waals surface area contributed by atoms with Crippen molar-refractivity contribution in [2.75, 3.05) is 11.5 Å². The van der Waals surface area contributed by atoms with Crippen molar-refractivity contribution < 1.29 is 8.42 Å². The number of imidazole rings is 1. The quantitative estimate of drug-likeness (QED) is 0.892. The highest BCUT2D eigenvalue weighted by Gasteiger charge is 2.27. The highest BCUT2D eigenvalue weighted by molar-refractivity contribution is 7.91. The average Bonchev–Trinajstić information content (AvgIpc) is 2.81. The van der Waals surface area contributed by atoms with E-state index < -0.39 is 9.84 Å². The number of rotatable bonds is 2. The van der Waals surface area contributed by atoms with Gasteiger partial charge in [0.25, 0.3) is 0 Å². The van der Waals surface area contributed by atoms with Crippen LogP contribution in [0.5, 0.6) is 0 Å². The standard InChI is InChI=1S/C13H17N3O2S/c14-7-10-3-1-5-16-8-12(15-13(10)16)11-4-2-6-19(17,18)9-11/h1,3,5,8,11H,2,4,6-7,9,14H2. The molecule has 0 amide bonds. The molecule has 3 heterocycles. The Morgan fingerprint density at radius 2 is 2.32 bits per heavy atom. The highest BCUT2D eigenvalue weighted by atomic mass is 32.2. The smallest absolute Gasteiger partial charge is 0.150 e. The Labute approximate surface area is 112 Å². The summed E-state index contributed by atoms with van der Waals surface area (Å²) in [4.78, 5) is 4.59. The van der Waals surface area contributed by atoms with Crippen LogP contribution in [0.3, 0.4) is 0 Å². The second kappa shape index (κ2) is 4.61. The van der Waals surface area contributed by atoms with Crippen LogP contribution in [-0.2, 0) is 16.4 Å². The molecule has 0 saturated carbocycles. The molecule has 5 nitrogen and oxygen atoms in total. The Morgan fingerprint density at radius 3 is 3.05 bits per heavy atom. The molecule has 2 aromatic heterocycles. The summed E-state index contributed by atoms with van der Waals surface area (Å²) in [5, 5.41) is 0. The molecule has 0 aromatic carbocycles. The van der Waals surface area contributed by atoms with Gasteiger partial charge in [-0.15, -0.1) is 0 Å². The molecule has 0 bridgehead atoms. The van der Waals surface area contributed by atoms with Crippen LogP contribution in [0, 0.1) is 0 Å². The van der Waals surface area contributed by atoms with E-state index in [0.29, 0.717) is 12.3 Å². The van der Waals surface area contributed by atoms with E-state index in [4.69, 9.17) is 5.73 Å². The molecule has 1 fully saturated rings. The number of pyridine rings is 1. The van der Waals surface area contributed by atoms with Gasteiger partial charge in [0.05, 0.1) is 17.2 Å². The first kappa shape index (κ1) is 12.6. The molecule has 1 atom stereocenters. The molecule has 2 aromatic rings. The molecule has 1 aliphatic rings. The lowest BCUT2D eigenvalue weighted by molar-refractivity contribution is 0.550. The van der Waals surface area contributed by atoms with Crippen molar-refractivity contribution in [2.45, 2.75) is 25.3 Å². The van der Waals surface area contributed by atoms with Gasteiger partial charge in [0.15, 0.2) is 9.84 Å². The maximum absolute atomic E-state index is 11.7. The van der Waals surface area contributed by atoms with Crippen molar-refractivity contribution >= 4 is 15.5 Å². The van der Waals surface area contributed by atoms with E-state index in [2.05, 4.69) is 4.98 Å². The molecule has 19 heavy (non-hydrogen) atoms. The van der Waals surface area contributed by atoms with Crippen molar-refractivity contribution in [3.05, 3.63) is 35.8 Å². The summed E-state index contributed by atoms with van der Waals surface area (Å²) < 4.78 is 25.4. The van der Waals surface area contributed by atoms with Gasteiger partial charge >= 0.3 is 0 Å². The fourth-order valence-electron chi connectivity index (χ4n) is 2.70. The molecular weight excluding hydrogens is 262 g/mol. The summed E-state index contributed by atoms with van der Waals surface area (Å²) in [6, 6.07) is 3.88. The predicted molar refractivity (Wildman–Crippen MR) is 73.7 cm³/mol. The van der Waals surface area contributed by atoms with Crippen molar-refractivity contribution in [1.29, 1.82) is 0 Å². The Kier molecular flexibility index (Phi) is 3.06. The number of nitrogens with zero attached hydrogens (tertiary/aromatic N) is 2. The zero-order valence-corrected chi connectivity index (χ0v) is 11.4. The van der Waals surface area contributed by atoms with E-state index in [1.165, 1.54) is 0 Å². The summed E-state index contributed by atoms with van der Waals surface area (Å²) in [6.07, 6.45) is 5.47. The van der Waals surface area contributed by atoms with Crippen LogP contribution >= 0.6 is 0 Å². The molecule has 1 aliphatic heterocycles. The van der Waals surface area contributed by atoms with Gasteiger partial charge in [0.2, 0.25) is 0 Å². The van der Waals surface area contributed by atoms with Crippen LogP contribution in [0.15, 0.2) is 24.5 Å². The third-order valence-corrected chi connectivity index (χ3v) is 5.50. The SMILES string of the molecule is NCc1cccn2cc(C3CCCS(=O)(=O)C3)nc12. The van der Waals surface area contributed by atoms with E-state index >= 15 is 0 Å². The molecule has 102 valence electrons. The van der Waals surface area contributed by atoms with E-state index in [9.17, 15) is 8.42 Å². The van der Waals surface area contributed by atoms with Gasteiger partial charge < -0.3 is 10.1 Å². The minimum Gasteiger partial charge on any atom is -0.326 e. The largest absolute Gasteiger partial charge is 0.326 e. The van der Waals surface area contributed by atoms with Gasteiger partial charge in [-0.2, -0.15) is 0 Å².